The molecule has 0 spiro atoms. The molecule has 2 aromatic heterocycles. The molecule has 0 saturated heterocycles. The van der Waals surface area contributed by atoms with Gasteiger partial charge >= 0.3 is 5.65 Å². The van der Waals surface area contributed by atoms with Crippen molar-refractivity contribution in [3.8, 4) is 11.3 Å². The van der Waals surface area contributed by atoms with Crippen molar-refractivity contribution in [2.24, 2.45) is 5.41 Å². The number of rotatable bonds is 2. The van der Waals surface area contributed by atoms with Crippen LogP contribution < -0.4 is 13.9 Å². The van der Waals surface area contributed by atoms with Gasteiger partial charge in [-0.1, -0.05) is 69.0 Å². The van der Waals surface area contributed by atoms with Crippen LogP contribution in [0, 0.1) is 32.4 Å². The first-order valence-electron chi connectivity index (χ1n) is 11.4. The summed E-state index contributed by atoms with van der Waals surface area (Å²) < 4.78 is 4.48. The van der Waals surface area contributed by atoms with Crippen LogP contribution in [0.2, 0.25) is 0 Å². The number of aryl methyl sites for hydroxylation is 2. The minimum Gasteiger partial charge on any atom is -0.194 e. The first kappa shape index (κ1) is 20.6. The number of benzene rings is 2. The average Bonchev–Trinajstić information content (AvgIpc) is 3.04. The Bertz CT molecular complexity index is 1520. The van der Waals surface area contributed by atoms with E-state index >= 15 is 0 Å². The van der Waals surface area contributed by atoms with Crippen LogP contribution in [0.3, 0.4) is 0 Å². The maximum Gasteiger partial charge on any atom is 0.356 e. The zero-order valence-corrected chi connectivity index (χ0v) is 20.1. The molecule has 0 unspecified atom stereocenters. The molecule has 0 fully saturated rings. The Balaban J connectivity index is 1.99. The Hall–Kier alpha value is -3.26. The van der Waals surface area contributed by atoms with Crippen LogP contribution in [0.25, 0.3) is 33.4 Å². The van der Waals surface area contributed by atoms with E-state index in [1.165, 1.54) is 55.2 Å². The number of aromatic nitrogens is 2. The van der Waals surface area contributed by atoms with E-state index in [-0.39, 0.29) is 5.41 Å². The SMILES string of the molecule is C=[n+]1cc(-c2c(C)cccc2C)[n+]2c3ccc(CC(C)(C)C)cc3c3c([c-]12)=C(C)C=C[CH-]3. The number of imidazole rings is 1. The van der Waals surface area contributed by atoms with Crippen molar-refractivity contribution in [3.63, 3.8) is 0 Å². The van der Waals surface area contributed by atoms with Crippen molar-refractivity contribution >= 4 is 22.1 Å². The maximum absolute atomic E-state index is 4.41. The van der Waals surface area contributed by atoms with E-state index in [0.29, 0.717) is 0 Å². The Labute approximate surface area is 190 Å². The van der Waals surface area contributed by atoms with Crippen LogP contribution in [-0.4, -0.2) is 0 Å². The minimum absolute atomic E-state index is 0.247. The van der Waals surface area contributed by atoms with Crippen LogP contribution in [0.4, 0.5) is 0 Å². The van der Waals surface area contributed by atoms with Crippen molar-refractivity contribution in [1.29, 1.82) is 0 Å². The van der Waals surface area contributed by atoms with Gasteiger partial charge in [-0.15, -0.1) is 0 Å². The second kappa shape index (κ2) is 7.13. The van der Waals surface area contributed by atoms with Crippen LogP contribution >= 0.6 is 0 Å². The molecule has 2 nitrogen and oxygen atoms in total. The summed E-state index contributed by atoms with van der Waals surface area (Å²) in [6, 6.07) is 13.6. The Morgan fingerprint density at radius 3 is 2.44 bits per heavy atom. The van der Waals surface area contributed by atoms with Gasteiger partial charge in [0.1, 0.15) is 5.52 Å². The lowest BCUT2D eigenvalue weighted by Crippen LogP contribution is -2.37. The summed E-state index contributed by atoms with van der Waals surface area (Å²) >= 11 is 0. The number of nitrogens with zero attached hydrogens (tertiary/aromatic N) is 2. The zero-order chi connectivity index (χ0) is 22.8. The highest BCUT2D eigenvalue weighted by molar-refractivity contribution is 5.87. The van der Waals surface area contributed by atoms with Gasteiger partial charge in [-0.05, 0) is 48.1 Å². The van der Waals surface area contributed by atoms with E-state index in [4.69, 9.17) is 0 Å². The van der Waals surface area contributed by atoms with Crippen molar-refractivity contribution in [2.45, 2.75) is 48.0 Å². The van der Waals surface area contributed by atoms with Gasteiger partial charge in [-0.3, -0.25) is 0 Å². The molecule has 0 atom stereocenters. The molecule has 32 heavy (non-hydrogen) atoms. The van der Waals surface area contributed by atoms with Crippen molar-refractivity contribution in [2.75, 3.05) is 0 Å². The summed E-state index contributed by atoms with van der Waals surface area (Å²) in [5.74, 6) is 0. The zero-order valence-electron chi connectivity index (χ0n) is 20.1. The summed E-state index contributed by atoms with van der Waals surface area (Å²) in [6.45, 7) is 17.9. The van der Waals surface area contributed by atoms with Crippen molar-refractivity contribution in [3.05, 3.63) is 95.4 Å². The molecule has 0 saturated carbocycles. The lowest BCUT2D eigenvalue weighted by atomic mass is 9.87. The van der Waals surface area contributed by atoms with Gasteiger partial charge in [-0.2, -0.15) is 38.4 Å². The van der Waals surface area contributed by atoms with Gasteiger partial charge in [0, 0.05) is 5.56 Å². The fraction of sp³-hybridized carbons (Fsp3) is 0.267. The van der Waals surface area contributed by atoms with Crippen LogP contribution in [0.15, 0.2) is 54.7 Å². The normalized spacial score (nSPS) is 13.6. The van der Waals surface area contributed by atoms with E-state index in [1.807, 2.05) is 0 Å². The first-order chi connectivity index (χ1) is 15.2. The molecule has 0 radical (unpaired) electrons. The van der Waals surface area contributed by atoms with E-state index in [1.54, 1.807) is 0 Å². The molecule has 162 valence electrons. The molecule has 1 aliphatic rings. The molecule has 4 aromatic rings. The largest absolute Gasteiger partial charge is 0.356 e. The molecule has 0 amide bonds. The lowest BCUT2D eigenvalue weighted by Gasteiger charge is -2.22. The Kier molecular flexibility index (Phi) is 4.60. The summed E-state index contributed by atoms with van der Waals surface area (Å²) in [6.07, 6.45) is 9.89. The smallest absolute Gasteiger partial charge is 0.194 e. The second-order valence-electron chi connectivity index (χ2n) is 10.5. The number of allylic oxidation sites excluding steroid dienone is 2. The van der Waals surface area contributed by atoms with E-state index < -0.39 is 0 Å². The summed E-state index contributed by atoms with van der Waals surface area (Å²) in [5, 5.41) is 2.59. The van der Waals surface area contributed by atoms with Gasteiger partial charge in [0.2, 0.25) is 5.69 Å². The third-order valence-corrected chi connectivity index (χ3v) is 6.56. The highest BCUT2D eigenvalue weighted by atomic mass is 15.1. The number of pyridine rings is 1. The third-order valence-electron chi connectivity index (χ3n) is 6.56. The average molecular weight is 421 g/mol. The van der Waals surface area contributed by atoms with Gasteiger partial charge in [0.15, 0.2) is 6.20 Å². The molecular weight excluding hydrogens is 388 g/mol. The maximum atomic E-state index is 4.41. The minimum atomic E-state index is 0.247. The molecule has 0 N–H and O–H groups in total. The quantitative estimate of drug-likeness (QED) is 0.304. The highest BCUT2D eigenvalue weighted by Gasteiger charge is 2.24. The predicted molar refractivity (Wildman–Crippen MR) is 133 cm³/mol. The Morgan fingerprint density at radius 2 is 1.75 bits per heavy atom. The molecule has 0 bridgehead atoms. The number of hydrogen-bond donors (Lipinski definition) is 0. The second-order valence-corrected chi connectivity index (χ2v) is 10.5. The van der Waals surface area contributed by atoms with E-state index in [2.05, 4.69) is 118 Å². The van der Waals surface area contributed by atoms with Gasteiger partial charge < -0.3 is 0 Å². The summed E-state index contributed by atoms with van der Waals surface area (Å²) in [5.41, 5.74) is 11.6. The number of fused-ring (bicyclic) bond motifs is 6. The third kappa shape index (κ3) is 3.17. The van der Waals surface area contributed by atoms with E-state index in [0.717, 1.165) is 12.1 Å². The van der Waals surface area contributed by atoms with Crippen LogP contribution in [-0.2, 0) is 6.42 Å². The topological polar surface area (TPSA) is 10.0 Å². The van der Waals surface area contributed by atoms with Crippen molar-refractivity contribution < 1.29 is 8.64 Å². The monoisotopic (exact) mass is 420 g/mol. The van der Waals surface area contributed by atoms with Gasteiger partial charge in [-0.25, -0.2) is 0 Å². The van der Waals surface area contributed by atoms with Gasteiger partial charge in [0.25, 0.3) is 0 Å². The van der Waals surface area contributed by atoms with Crippen LogP contribution in [0.5, 0.6) is 0 Å². The molecule has 2 heterocycles. The highest BCUT2D eigenvalue weighted by Crippen LogP contribution is 2.29. The summed E-state index contributed by atoms with van der Waals surface area (Å²) in [4.78, 5) is 0. The lowest BCUT2D eigenvalue weighted by molar-refractivity contribution is -0.558. The molecule has 0 aliphatic heterocycles. The fourth-order valence-electron chi connectivity index (χ4n) is 5.31. The number of hydrogen-bond acceptors (Lipinski definition) is 0. The standard InChI is InChI=1S/C30H32N2/c1-19-10-8-11-20(2)27(19)26-18-31(7)29-28-21(3)12-9-13-23(28)24-16-22(17-30(4,5)6)14-15-25(24)32(26)29/h8-16,18H,7,17H2,1-6H3. The molecule has 2 heteroatoms. The predicted octanol–water partition coefficient (Wildman–Crippen LogP) is 5.39. The first-order valence-corrected chi connectivity index (χ1v) is 11.4. The molecule has 1 aliphatic carbocycles. The fourth-order valence-corrected chi connectivity index (χ4v) is 5.31. The molecule has 2 aromatic carbocycles. The molecule has 5 rings (SSSR count). The molecular formula is C30H32N2. The Morgan fingerprint density at radius 1 is 1.03 bits per heavy atom. The summed E-state index contributed by atoms with van der Waals surface area (Å²) in [7, 11) is 0. The van der Waals surface area contributed by atoms with Crippen molar-refractivity contribution in [1.82, 2.24) is 0 Å². The van der Waals surface area contributed by atoms with Crippen LogP contribution in [0.1, 0.15) is 49.9 Å². The van der Waals surface area contributed by atoms with E-state index in [9.17, 15) is 0 Å². The van der Waals surface area contributed by atoms with Gasteiger partial charge in [0.05, 0.1) is 6.72 Å².